The highest BCUT2D eigenvalue weighted by Gasteiger charge is 2.29. The third-order valence-corrected chi connectivity index (χ3v) is 4.00. The van der Waals surface area contributed by atoms with Crippen LogP contribution in [0.2, 0.25) is 0 Å². The lowest BCUT2D eigenvalue weighted by Crippen LogP contribution is -2.42. The SMILES string of the molecule is CN1CCC(N2CCC(CC(=O)O)CC2)C1. The normalized spacial score (nSPS) is 29.7. The van der Waals surface area contributed by atoms with Crippen LogP contribution in [0.5, 0.6) is 0 Å². The molecular weight excluding hydrogens is 204 g/mol. The van der Waals surface area contributed by atoms with E-state index in [0.717, 1.165) is 32.0 Å². The Labute approximate surface area is 97.2 Å². The number of piperidine rings is 1. The molecule has 0 aromatic heterocycles. The maximum atomic E-state index is 10.6. The van der Waals surface area contributed by atoms with Gasteiger partial charge in [-0.3, -0.25) is 9.69 Å². The molecule has 16 heavy (non-hydrogen) atoms. The Kier molecular flexibility index (Phi) is 3.82. The zero-order valence-electron chi connectivity index (χ0n) is 10.1. The number of likely N-dealkylation sites (tertiary alicyclic amines) is 2. The second-order valence-electron chi connectivity index (χ2n) is 5.28. The molecule has 0 aromatic rings. The van der Waals surface area contributed by atoms with Crippen molar-refractivity contribution in [3.05, 3.63) is 0 Å². The van der Waals surface area contributed by atoms with Gasteiger partial charge in [0, 0.05) is 19.0 Å². The summed E-state index contributed by atoms with van der Waals surface area (Å²) >= 11 is 0. The van der Waals surface area contributed by atoms with Crippen LogP contribution in [-0.2, 0) is 4.79 Å². The lowest BCUT2D eigenvalue weighted by atomic mass is 9.92. The van der Waals surface area contributed by atoms with Gasteiger partial charge in [0.1, 0.15) is 0 Å². The van der Waals surface area contributed by atoms with Crippen LogP contribution in [0.1, 0.15) is 25.7 Å². The molecule has 2 aliphatic heterocycles. The van der Waals surface area contributed by atoms with E-state index in [1.807, 2.05) is 0 Å². The summed E-state index contributed by atoms with van der Waals surface area (Å²) in [4.78, 5) is 15.6. The topological polar surface area (TPSA) is 43.8 Å². The number of carboxylic acids is 1. The Balaban J connectivity index is 1.74. The van der Waals surface area contributed by atoms with E-state index in [1.165, 1.54) is 19.5 Å². The molecule has 2 fully saturated rings. The highest BCUT2D eigenvalue weighted by atomic mass is 16.4. The van der Waals surface area contributed by atoms with Gasteiger partial charge in [-0.25, -0.2) is 0 Å². The van der Waals surface area contributed by atoms with E-state index in [0.29, 0.717) is 12.3 Å². The number of carbonyl (C=O) groups is 1. The van der Waals surface area contributed by atoms with E-state index in [1.54, 1.807) is 0 Å². The Hall–Kier alpha value is -0.610. The second kappa shape index (κ2) is 5.15. The van der Waals surface area contributed by atoms with Crippen LogP contribution in [0.4, 0.5) is 0 Å². The number of carboxylic acid groups (broad SMARTS) is 1. The van der Waals surface area contributed by atoms with Crippen molar-refractivity contribution < 1.29 is 9.90 Å². The van der Waals surface area contributed by atoms with Gasteiger partial charge in [0.05, 0.1) is 0 Å². The summed E-state index contributed by atoms with van der Waals surface area (Å²) in [7, 11) is 2.18. The van der Waals surface area contributed by atoms with Gasteiger partial charge in [0.25, 0.3) is 0 Å². The van der Waals surface area contributed by atoms with E-state index in [2.05, 4.69) is 16.8 Å². The first-order valence-corrected chi connectivity index (χ1v) is 6.29. The molecule has 4 nitrogen and oxygen atoms in total. The average Bonchev–Trinajstić information content (AvgIpc) is 2.65. The summed E-state index contributed by atoms with van der Waals surface area (Å²) in [6.45, 7) is 4.58. The highest BCUT2D eigenvalue weighted by Crippen LogP contribution is 2.24. The van der Waals surface area contributed by atoms with E-state index in [9.17, 15) is 4.79 Å². The quantitative estimate of drug-likeness (QED) is 0.776. The van der Waals surface area contributed by atoms with Crippen molar-refractivity contribution in [3.8, 4) is 0 Å². The standard InChI is InChI=1S/C12H22N2O2/c1-13-5-4-11(9-13)14-6-2-10(3-7-14)8-12(15)16/h10-11H,2-9H2,1H3,(H,15,16). The zero-order chi connectivity index (χ0) is 11.5. The lowest BCUT2D eigenvalue weighted by Gasteiger charge is -2.35. The van der Waals surface area contributed by atoms with Crippen LogP contribution < -0.4 is 0 Å². The van der Waals surface area contributed by atoms with Crippen molar-refractivity contribution in [3.63, 3.8) is 0 Å². The molecule has 2 saturated heterocycles. The molecule has 0 radical (unpaired) electrons. The summed E-state index contributed by atoms with van der Waals surface area (Å²) in [6, 6.07) is 0.718. The molecule has 2 aliphatic rings. The molecule has 4 heteroatoms. The number of nitrogens with zero attached hydrogens (tertiary/aromatic N) is 2. The fourth-order valence-electron chi connectivity index (χ4n) is 2.98. The van der Waals surface area contributed by atoms with Crippen LogP contribution in [0.15, 0.2) is 0 Å². The first-order valence-electron chi connectivity index (χ1n) is 6.29. The van der Waals surface area contributed by atoms with Gasteiger partial charge in [-0.1, -0.05) is 0 Å². The molecule has 0 saturated carbocycles. The molecule has 0 amide bonds. The predicted molar refractivity (Wildman–Crippen MR) is 62.5 cm³/mol. The minimum absolute atomic E-state index is 0.360. The van der Waals surface area contributed by atoms with Gasteiger partial charge >= 0.3 is 5.97 Å². The maximum Gasteiger partial charge on any atom is 0.303 e. The first kappa shape index (κ1) is 11.9. The van der Waals surface area contributed by atoms with Crippen LogP contribution >= 0.6 is 0 Å². The van der Waals surface area contributed by atoms with Crippen molar-refractivity contribution in [1.82, 2.24) is 9.80 Å². The summed E-state index contributed by atoms with van der Waals surface area (Å²) < 4.78 is 0. The van der Waals surface area contributed by atoms with E-state index < -0.39 is 5.97 Å². The van der Waals surface area contributed by atoms with Gasteiger partial charge in [0.15, 0.2) is 0 Å². The number of hydrogen-bond donors (Lipinski definition) is 1. The number of hydrogen-bond acceptors (Lipinski definition) is 3. The third-order valence-electron chi connectivity index (χ3n) is 4.00. The molecule has 1 N–H and O–H groups in total. The Morgan fingerprint density at radius 2 is 1.94 bits per heavy atom. The molecule has 1 unspecified atom stereocenters. The second-order valence-corrected chi connectivity index (χ2v) is 5.28. The summed E-state index contributed by atoms with van der Waals surface area (Å²) in [5.74, 6) is -0.230. The third kappa shape index (κ3) is 2.95. The van der Waals surface area contributed by atoms with Gasteiger partial charge in [-0.2, -0.15) is 0 Å². The Morgan fingerprint density at radius 3 is 2.44 bits per heavy atom. The van der Waals surface area contributed by atoms with Gasteiger partial charge < -0.3 is 10.0 Å². The van der Waals surface area contributed by atoms with Crippen LogP contribution in [0, 0.1) is 5.92 Å². The predicted octanol–water partition coefficient (Wildman–Crippen LogP) is 0.877. The van der Waals surface area contributed by atoms with Gasteiger partial charge in [-0.05, 0) is 51.9 Å². The molecule has 1 atom stereocenters. The monoisotopic (exact) mass is 226 g/mol. The number of likely N-dealkylation sites (N-methyl/N-ethyl adjacent to an activating group) is 1. The van der Waals surface area contributed by atoms with Crippen molar-refractivity contribution in [1.29, 1.82) is 0 Å². The van der Waals surface area contributed by atoms with E-state index in [4.69, 9.17) is 5.11 Å². The minimum atomic E-state index is -0.640. The van der Waals surface area contributed by atoms with Crippen LogP contribution in [0.3, 0.4) is 0 Å². The molecule has 0 aliphatic carbocycles. The maximum absolute atomic E-state index is 10.6. The highest BCUT2D eigenvalue weighted by molar-refractivity contribution is 5.67. The van der Waals surface area contributed by atoms with Crippen molar-refractivity contribution in [2.24, 2.45) is 5.92 Å². The zero-order valence-corrected chi connectivity index (χ0v) is 10.1. The largest absolute Gasteiger partial charge is 0.481 e. The van der Waals surface area contributed by atoms with E-state index in [-0.39, 0.29) is 0 Å². The Morgan fingerprint density at radius 1 is 1.25 bits per heavy atom. The summed E-state index contributed by atoms with van der Waals surface area (Å²) in [6.07, 6.45) is 3.76. The van der Waals surface area contributed by atoms with Crippen molar-refractivity contribution >= 4 is 5.97 Å². The Bertz CT molecular complexity index is 249. The molecule has 0 aromatic carbocycles. The first-order chi connectivity index (χ1) is 7.65. The van der Waals surface area contributed by atoms with Crippen molar-refractivity contribution in [2.45, 2.75) is 31.7 Å². The van der Waals surface area contributed by atoms with Crippen LogP contribution in [-0.4, -0.2) is 60.1 Å². The average molecular weight is 226 g/mol. The fraction of sp³-hybridized carbons (Fsp3) is 0.917. The van der Waals surface area contributed by atoms with Gasteiger partial charge in [0.2, 0.25) is 0 Å². The molecule has 0 spiro atoms. The fourth-order valence-corrected chi connectivity index (χ4v) is 2.98. The molecule has 2 heterocycles. The number of aliphatic carboxylic acids is 1. The smallest absolute Gasteiger partial charge is 0.303 e. The lowest BCUT2D eigenvalue weighted by molar-refractivity contribution is -0.138. The number of rotatable bonds is 3. The minimum Gasteiger partial charge on any atom is -0.481 e. The molecule has 2 rings (SSSR count). The van der Waals surface area contributed by atoms with Gasteiger partial charge in [-0.15, -0.1) is 0 Å². The van der Waals surface area contributed by atoms with Crippen molar-refractivity contribution in [2.75, 3.05) is 33.2 Å². The molecule has 92 valence electrons. The molecule has 0 bridgehead atoms. The summed E-state index contributed by atoms with van der Waals surface area (Å²) in [5.41, 5.74) is 0. The van der Waals surface area contributed by atoms with Crippen LogP contribution in [0.25, 0.3) is 0 Å². The summed E-state index contributed by atoms with van der Waals surface area (Å²) in [5, 5.41) is 8.76. The molecular formula is C12H22N2O2. The van der Waals surface area contributed by atoms with E-state index >= 15 is 0 Å².